The summed E-state index contributed by atoms with van der Waals surface area (Å²) in [5.41, 5.74) is 0. The third-order valence-electron chi connectivity index (χ3n) is 2.75. The molecule has 0 bridgehead atoms. The van der Waals surface area contributed by atoms with Crippen LogP contribution in [0.1, 0.15) is 39.0 Å². The Kier molecular flexibility index (Phi) is 5.49. The lowest BCUT2D eigenvalue weighted by Crippen LogP contribution is -2.24. The zero-order chi connectivity index (χ0) is 12.0. The maximum atomic E-state index is 11.3. The molecule has 0 spiro atoms. The van der Waals surface area contributed by atoms with Crippen molar-refractivity contribution in [3.8, 4) is 0 Å². The predicted octanol–water partition coefficient (Wildman–Crippen LogP) is 1.16. The van der Waals surface area contributed by atoms with Crippen LogP contribution < -0.4 is 0 Å². The SMILES string of the molecule is CC1CCCCC[C@H](O)[C@H](O)/C=C/C(=O)O1. The first-order valence-corrected chi connectivity index (χ1v) is 5.84. The number of carbonyl (C=O) groups is 1. The van der Waals surface area contributed by atoms with E-state index in [2.05, 4.69) is 0 Å². The predicted molar refractivity (Wildman–Crippen MR) is 59.8 cm³/mol. The van der Waals surface area contributed by atoms with Crippen molar-refractivity contribution in [1.82, 2.24) is 0 Å². The molecule has 2 N–H and O–H groups in total. The molecular weight excluding hydrogens is 208 g/mol. The van der Waals surface area contributed by atoms with Crippen LogP contribution in [0.15, 0.2) is 12.2 Å². The normalized spacial score (nSPS) is 35.7. The third-order valence-corrected chi connectivity index (χ3v) is 2.75. The van der Waals surface area contributed by atoms with Crippen molar-refractivity contribution in [1.29, 1.82) is 0 Å². The molecular formula is C12H20O4. The first-order chi connectivity index (χ1) is 7.59. The zero-order valence-electron chi connectivity index (χ0n) is 9.63. The van der Waals surface area contributed by atoms with Crippen LogP contribution in [0.4, 0.5) is 0 Å². The van der Waals surface area contributed by atoms with E-state index in [-0.39, 0.29) is 6.10 Å². The van der Waals surface area contributed by atoms with Gasteiger partial charge in [0.05, 0.1) is 18.3 Å². The molecule has 1 aliphatic heterocycles. The molecule has 16 heavy (non-hydrogen) atoms. The van der Waals surface area contributed by atoms with Gasteiger partial charge < -0.3 is 14.9 Å². The summed E-state index contributed by atoms with van der Waals surface area (Å²) in [5, 5.41) is 19.0. The molecule has 3 atom stereocenters. The monoisotopic (exact) mass is 228 g/mol. The van der Waals surface area contributed by atoms with Crippen LogP contribution in [-0.2, 0) is 9.53 Å². The Morgan fingerprint density at radius 3 is 2.69 bits per heavy atom. The van der Waals surface area contributed by atoms with E-state index in [0.717, 1.165) is 25.7 Å². The number of aliphatic hydroxyl groups is 2. The smallest absolute Gasteiger partial charge is 0.330 e. The summed E-state index contributed by atoms with van der Waals surface area (Å²) >= 11 is 0. The molecule has 1 aliphatic rings. The van der Waals surface area contributed by atoms with E-state index in [1.165, 1.54) is 12.2 Å². The largest absolute Gasteiger partial charge is 0.460 e. The maximum Gasteiger partial charge on any atom is 0.330 e. The number of cyclic esters (lactones) is 1. The number of ether oxygens (including phenoxy) is 1. The number of aliphatic hydroxyl groups excluding tert-OH is 2. The van der Waals surface area contributed by atoms with E-state index in [1.807, 2.05) is 6.92 Å². The van der Waals surface area contributed by atoms with Crippen molar-refractivity contribution in [3.05, 3.63) is 12.2 Å². The summed E-state index contributed by atoms with van der Waals surface area (Å²) in [5.74, 6) is -0.459. The third kappa shape index (κ3) is 4.77. The van der Waals surface area contributed by atoms with Gasteiger partial charge in [-0.3, -0.25) is 0 Å². The van der Waals surface area contributed by atoms with Crippen molar-refractivity contribution < 1.29 is 19.7 Å². The molecule has 0 saturated heterocycles. The van der Waals surface area contributed by atoms with Crippen molar-refractivity contribution in [3.63, 3.8) is 0 Å². The van der Waals surface area contributed by atoms with Gasteiger partial charge in [-0.1, -0.05) is 12.8 Å². The van der Waals surface area contributed by atoms with Crippen LogP contribution in [0, 0.1) is 0 Å². The fraction of sp³-hybridized carbons (Fsp3) is 0.750. The molecule has 0 aromatic rings. The molecule has 0 saturated carbocycles. The van der Waals surface area contributed by atoms with Crippen molar-refractivity contribution >= 4 is 5.97 Å². The Morgan fingerprint density at radius 1 is 1.25 bits per heavy atom. The van der Waals surface area contributed by atoms with Crippen LogP contribution in [0.25, 0.3) is 0 Å². The lowest BCUT2D eigenvalue weighted by Gasteiger charge is -2.16. The number of hydrogen-bond acceptors (Lipinski definition) is 4. The summed E-state index contributed by atoms with van der Waals surface area (Å²) in [6.07, 6.45) is 4.87. The first-order valence-electron chi connectivity index (χ1n) is 5.84. The summed E-state index contributed by atoms with van der Waals surface area (Å²) in [6, 6.07) is 0. The van der Waals surface area contributed by atoms with Crippen molar-refractivity contribution in [2.75, 3.05) is 0 Å². The van der Waals surface area contributed by atoms with Gasteiger partial charge in [0.25, 0.3) is 0 Å². The molecule has 0 aromatic heterocycles. The van der Waals surface area contributed by atoms with Crippen LogP contribution in [-0.4, -0.2) is 34.5 Å². The standard InChI is InChI=1S/C12H20O4/c1-9-5-3-2-4-6-10(13)11(14)7-8-12(15)16-9/h7-11,13-14H,2-6H2,1H3/b8-7+/t9?,10-,11+/m0/s1. The average Bonchev–Trinajstić information content (AvgIpc) is 2.23. The minimum atomic E-state index is -0.984. The second-order valence-electron chi connectivity index (χ2n) is 4.30. The highest BCUT2D eigenvalue weighted by Crippen LogP contribution is 2.13. The Morgan fingerprint density at radius 2 is 1.94 bits per heavy atom. The fourth-order valence-electron chi connectivity index (χ4n) is 1.73. The van der Waals surface area contributed by atoms with E-state index >= 15 is 0 Å². The van der Waals surface area contributed by atoms with Gasteiger partial charge in [0.1, 0.15) is 0 Å². The second-order valence-corrected chi connectivity index (χ2v) is 4.30. The van der Waals surface area contributed by atoms with E-state index in [0.29, 0.717) is 6.42 Å². The lowest BCUT2D eigenvalue weighted by molar-refractivity contribution is -0.142. The molecule has 0 aromatic carbocycles. The molecule has 0 aliphatic carbocycles. The Balaban J connectivity index is 2.58. The maximum absolute atomic E-state index is 11.3. The minimum absolute atomic E-state index is 0.0846. The number of carbonyl (C=O) groups excluding carboxylic acids is 1. The molecule has 0 radical (unpaired) electrons. The number of rotatable bonds is 0. The highest BCUT2D eigenvalue weighted by atomic mass is 16.5. The molecule has 4 heteroatoms. The van der Waals surface area contributed by atoms with E-state index < -0.39 is 18.2 Å². The molecule has 92 valence electrons. The van der Waals surface area contributed by atoms with Gasteiger partial charge in [0, 0.05) is 6.08 Å². The number of esters is 1. The summed E-state index contributed by atoms with van der Waals surface area (Å²) in [7, 11) is 0. The van der Waals surface area contributed by atoms with Crippen LogP contribution in [0.3, 0.4) is 0 Å². The molecule has 0 fully saturated rings. The van der Waals surface area contributed by atoms with E-state index in [9.17, 15) is 15.0 Å². The molecule has 1 heterocycles. The van der Waals surface area contributed by atoms with Gasteiger partial charge >= 0.3 is 5.97 Å². The average molecular weight is 228 g/mol. The Labute approximate surface area is 95.9 Å². The summed E-state index contributed by atoms with van der Waals surface area (Å²) in [6.45, 7) is 1.86. The summed E-state index contributed by atoms with van der Waals surface area (Å²) in [4.78, 5) is 11.3. The molecule has 0 amide bonds. The van der Waals surface area contributed by atoms with Gasteiger partial charge in [-0.2, -0.15) is 0 Å². The second kappa shape index (κ2) is 6.66. The van der Waals surface area contributed by atoms with Crippen LogP contribution in [0.5, 0.6) is 0 Å². The fourth-order valence-corrected chi connectivity index (χ4v) is 1.73. The highest BCUT2D eigenvalue weighted by Gasteiger charge is 2.15. The van der Waals surface area contributed by atoms with E-state index in [4.69, 9.17) is 4.74 Å². The molecule has 4 nitrogen and oxygen atoms in total. The van der Waals surface area contributed by atoms with Crippen molar-refractivity contribution in [2.45, 2.75) is 57.3 Å². The van der Waals surface area contributed by atoms with Gasteiger partial charge in [-0.15, -0.1) is 0 Å². The Hall–Kier alpha value is -0.870. The zero-order valence-corrected chi connectivity index (χ0v) is 9.63. The quantitative estimate of drug-likeness (QED) is 0.611. The molecule has 1 rings (SSSR count). The summed E-state index contributed by atoms with van der Waals surface area (Å²) < 4.78 is 5.09. The van der Waals surface area contributed by atoms with Gasteiger partial charge in [-0.25, -0.2) is 4.79 Å². The number of hydrogen-bond donors (Lipinski definition) is 2. The topological polar surface area (TPSA) is 66.8 Å². The minimum Gasteiger partial charge on any atom is -0.460 e. The van der Waals surface area contributed by atoms with Gasteiger partial charge in [-0.05, 0) is 32.3 Å². The van der Waals surface area contributed by atoms with Crippen LogP contribution >= 0.6 is 0 Å². The lowest BCUT2D eigenvalue weighted by atomic mass is 10.0. The first kappa shape index (κ1) is 13.2. The van der Waals surface area contributed by atoms with E-state index in [1.54, 1.807) is 0 Å². The molecule has 1 unspecified atom stereocenters. The van der Waals surface area contributed by atoms with Gasteiger partial charge in [0.2, 0.25) is 0 Å². The highest BCUT2D eigenvalue weighted by molar-refractivity contribution is 5.82. The Bertz CT molecular complexity index is 249. The van der Waals surface area contributed by atoms with Gasteiger partial charge in [0.15, 0.2) is 0 Å². The van der Waals surface area contributed by atoms with Crippen molar-refractivity contribution in [2.24, 2.45) is 0 Å². The van der Waals surface area contributed by atoms with Crippen LogP contribution in [0.2, 0.25) is 0 Å².